The number of nitrogens with zero attached hydrogens (tertiary/aromatic N) is 3. The first-order valence-corrected chi connectivity index (χ1v) is 12.1. The Morgan fingerprint density at radius 2 is 1.52 bits per heavy atom. The Bertz CT molecular complexity index is 1350. The number of primary sulfonamides is 1. The molecule has 4 rings (SSSR count). The average Bonchev–Trinajstić information content (AvgIpc) is 3.23. The van der Waals surface area contributed by atoms with Crippen molar-refractivity contribution in [1.29, 1.82) is 0 Å². The molecule has 1 heterocycles. The lowest BCUT2D eigenvalue weighted by atomic mass is 10.1. The molecule has 0 fully saturated rings. The fourth-order valence-electron chi connectivity index (χ4n) is 3.51. The van der Waals surface area contributed by atoms with Crippen LogP contribution in [-0.2, 0) is 23.1 Å². The van der Waals surface area contributed by atoms with E-state index in [0.29, 0.717) is 18.8 Å². The van der Waals surface area contributed by atoms with Gasteiger partial charge in [0.1, 0.15) is 0 Å². The number of thiocarbonyl (C=S) groups is 1. The maximum absolute atomic E-state index is 11.6. The van der Waals surface area contributed by atoms with Gasteiger partial charge in [0.25, 0.3) is 0 Å². The molecule has 0 spiro atoms. The Labute approximate surface area is 198 Å². The Morgan fingerprint density at radius 1 is 0.909 bits per heavy atom. The van der Waals surface area contributed by atoms with E-state index in [9.17, 15) is 8.42 Å². The smallest absolute Gasteiger partial charge is 0.238 e. The molecule has 3 aromatic carbocycles. The molecule has 0 bridgehead atoms. The van der Waals surface area contributed by atoms with E-state index in [1.807, 2.05) is 71.6 Å². The van der Waals surface area contributed by atoms with Crippen LogP contribution in [-0.4, -0.2) is 28.2 Å². The van der Waals surface area contributed by atoms with Gasteiger partial charge in [0.05, 0.1) is 28.5 Å². The summed E-state index contributed by atoms with van der Waals surface area (Å²) >= 11 is 5.29. The van der Waals surface area contributed by atoms with Gasteiger partial charge in [-0.1, -0.05) is 60.7 Å². The standard InChI is InChI=1S/C24H23N5O2S2/c25-24(32)28(16-18-7-3-1-4-8-18)17-20-15-23(19-9-5-2-6-10-19)29(27-20)21-11-13-22(14-12-21)33(26,30)31/h1-15H,16-17H2,(H2,25,32)(H2,26,30,31). The molecule has 4 N–H and O–H groups in total. The van der Waals surface area contributed by atoms with Crippen LogP contribution in [0.2, 0.25) is 0 Å². The van der Waals surface area contributed by atoms with Crippen LogP contribution in [0.1, 0.15) is 11.3 Å². The van der Waals surface area contributed by atoms with Crippen LogP contribution in [0.15, 0.2) is 95.9 Å². The molecular formula is C24H23N5O2S2. The molecule has 0 atom stereocenters. The maximum Gasteiger partial charge on any atom is 0.238 e. The highest BCUT2D eigenvalue weighted by Gasteiger charge is 2.16. The van der Waals surface area contributed by atoms with Crippen molar-refractivity contribution in [1.82, 2.24) is 14.7 Å². The Kier molecular flexibility index (Phi) is 6.55. The van der Waals surface area contributed by atoms with Gasteiger partial charge in [-0.2, -0.15) is 5.10 Å². The van der Waals surface area contributed by atoms with Crippen LogP contribution in [0.3, 0.4) is 0 Å². The Balaban J connectivity index is 1.71. The Hall–Kier alpha value is -3.53. The van der Waals surface area contributed by atoms with Crippen molar-refractivity contribution < 1.29 is 8.42 Å². The maximum atomic E-state index is 11.6. The summed E-state index contributed by atoms with van der Waals surface area (Å²) in [6, 6.07) is 28.1. The van der Waals surface area contributed by atoms with Gasteiger partial charge in [-0.25, -0.2) is 18.2 Å². The summed E-state index contributed by atoms with van der Waals surface area (Å²) in [6.07, 6.45) is 0. The molecule has 4 aromatic rings. The van der Waals surface area contributed by atoms with E-state index in [1.54, 1.807) is 16.8 Å². The summed E-state index contributed by atoms with van der Waals surface area (Å²) in [5.74, 6) is 0. The first-order valence-electron chi connectivity index (χ1n) is 10.2. The number of benzene rings is 3. The number of hydrogen-bond acceptors (Lipinski definition) is 4. The molecule has 168 valence electrons. The monoisotopic (exact) mass is 477 g/mol. The molecule has 0 aliphatic carbocycles. The van der Waals surface area contributed by atoms with E-state index in [4.69, 9.17) is 28.2 Å². The van der Waals surface area contributed by atoms with E-state index in [1.165, 1.54) is 12.1 Å². The molecule has 9 heteroatoms. The third kappa shape index (κ3) is 5.46. The zero-order valence-corrected chi connectivity index (χ0v) is 19.3. The zero-order valence-electron chi connectivity index (χ0n) is 17.7. The second-order valence-corrected chi connectivity index (χ2v) is 9.50. The van der Waals surface area contributed by atoms with E-state index in [2.05, 4.69) is 0 Å². The summed E-state index contributed by atoms with van der Waals surface area (Å²) in [5.41, 5.74) is 10.4. The SMILES string of the molecule is NC(=S)N(Cc1ccccc1)Cc1cc(-c2ccccc2)n(-c2ccc(S(N)(=O)=O)cc2)n1. The van der Waals surface area contributed by atoms with Crippen molar-refractivity contribution in [2.24, 2.45) is 10.9 Å². The number of rotatable bonds is 7. The predicted molar refractivity (Wildman–Crippen MR) is 133 cm³/mol. The van der Waals surface area contributed by atoms with Crippen LogP contribution >= 0.6 is 12.2 Å². The lowest BCUT2D eigenvalue weighted by molar-refractivity contribution is 0.403. The molecule has 0 saturated carbocycles. The van der Waals surface area contributed by atoms with Gasteiger partial charge in [-0.15, -0.1) is 0 Å². The second kappa shape index (κ2) is 9.53. The van der Waals surface area contributed by atoms with E-state index in [0.717, 1.165) is 22.5 Å². The van der Waals surface area contributed by atoms with Gasteiger partial charge < -0.3 is 10.6 Å². The zero-order chi connectivity index (χ0) is 23.4. The van der Waals surface area contributed by atoms with Gasteiger partial charge >= 0.3 is 0 Å². The fraction of sp³-hybridized carbons (Fsp3) is 0.0833. The summed E-state index contributed by atoms with van der Waals surface area (Å²) in [7, 11) is -3.78. The van der Waals surface area contributed by atoms with Gasteiger partial charge in [-0.05, 0) is 48.1 Å². The summed E-state index contributed by atoms with van der Waals surface area (Å²) in [6.45, 7) is 0.985. The summed E-state index contributed by atoms with van der Waals surface area (Å²) in [5, 5.41) is 10.3. The highest BCUT2D eigenvalue weighted by atomic mass is 32.2. The topological polar surface area (TPSA) is 107 Å². The molecule has 33 heavy (non-hydrogen) atoms. The van der Waals surface area contributed by atoms with Gasteiger partial charge in [0.15, 0.2) is 5.11 Å². The normalized spacial score (nSPS) is 11.3. The van der Waals surface area contributed by atoms with E-state index in [-0.39, 0.29) is 10.0 Å². The quantitative estimate of drug-likeness (QED) is 0.395. The summed E-state index contributed by atoms with van der Waals surface area (Å²) in [4.78, 5) is 1.93. The molecule has 0 aliphatic heterocycles. The van der Waals surface area contributed by atoms with Crippen molar-refractivity contribution in [3.8, 4) is 16.9 Å². The highest BCUT2D eigenvalue weighted by molar-refractivity contribution is 7.89. The van der Waals surface area contributed by atoms with Crippen molar-refractivity contribution in [2.45, 2.75) is 18.0 Å². The fourth-order valence-corrected chi connectivity index (χ4v) is 4.15. The Morgan fingerprint density at radius 3 is 2.09 bits per heavy atom. The van der Waals surface area contributed by atoms with Gasteiger partial charge in [0.2, 0.25) is 10.0 Å². The first-order chi connectivity index (χ1) is 15.8. The average molecular weight is 478 g/mol. The van der Waals surface area contributed by atoms with Crippen molar-refractivity contribution >= 4 is 27.4 Å². The van der Waals surface area contributed by atoms with E-state index >= 15 is 0 Å². The molecule has 1 aromatic heterocycles. The van der Waals surface area contributed by atoms with Crippen LogP contribution in [0.4, 0.5) is 0 Å². The number of nitrogens with two attached hydrogens (primary N) is 2. The first kappa shape index (κ1) is 22.7. The van der Waals surface area contributed by atoms with Crippen LogP contribution < -0.4 is 10.9 Å². The molecule has 0 amide bonds. The molecular weight excluding hydrogens is 454 g/mol. The van der Waals surface area contributed by atoms with Gasteiger partial charge in [-0.3, -0.25) is 0 Å². The van der Waals surface area contributed by atoms with Crippen molar-refractivity contribution in [2.75, 3.05) is 0 Å². The lowest BCUT2D eigenvalue weighted by Crippen LogP contribution is -2.34. The predicted octanol–water partition coefficient (Wildman–Crippen LogP) is 3.43. The minimum absolute atomic E-state index is 0.0439. The largest absolute Gasteiger partial charge is 0.376 e. The van der Waals surface area contributed by atoms with Crippen LogP contribution in [0.25, 0.3) is 16.9 Å². The van der Waals surface area contributed by atoms with E-state index < -0.39 is 10.0 Å². The number of sulfonamides is 1. The molecule has 0 saturated heterocycles. The van der Waals surface area contributed by atoms with Crippen molar-refractivity contribution in [3.05, 3.63) is 102 Å². The second-order valence-electron chi connectivity index (χ2n) is 7.52. The van der Waals surface area contributed by atoms with Crippen molar-refractivity contribution in [3.63, 3.8) is 0 Å². The minimum Gasteiger partial charge on any atom is -0.376 e. The third-order valence-electron chi connectivity index (χ3n) is 5.12. The lowest BCUT2D eigenvalue weighted by Gasteiger charge is -2.21. The third-order valence-corrected chi connectivity index (χ3v) is 6.31. The molecule has 0 aliphatic rings. The molecule has 0 unspecified atom stereocenters. The number of hydrogen-bond donors (Lipinski definition) is 2. The van der Waals surface area contributed by atoms with Gasteiger partial charge in [0, 0.05) is 12.1 Å². The number of aromatic nitrogens is 2. The highest BCUT2D eigenvalue weighted by Crippen LogP contribution is 2.25. The molecule has 0 radical (unpaired) electrons. The molecule has 7 nitrogen and oxygen atoms in total. The van der Waals surface area contributed by atoms with Crippen LogP contribution in [0.5, 0.6) is 0 Å². The minimum atomic E-state index is -3.78. The summed E-state index contributed by atoms with van der Waals surface area (Å²) < 4.78 is 25.0. The van der Waals surface area contributed by atoms with Crippen LogP contribution in [0, 0.1) is 0 Å².